The van der Waals surface area contributed by atoms with Crippen molar-refractivity contribution in [2.24, 2.45) is 5.73 Å². The fraction of sp³-hybridized carbons (Fsp3) is 0.960. The first kappa shape index (κ1) is 29.4. The zero-order valence-corrected chi connectivity index (χ0v) is 20.1. The van der Waals surface area contributed by atoms with E-state index in [1.54, 1.807) is 0 Å². The number of aliphatic hydroxyl groups excluding tert-OH is 1. The molecule has 0 bridgehead atoms. The number of nitrogens with zero attached hydrogens (tertiary/aromatic N) is 1. The van der Waals surface area contributed by atoms with E-state index in [1.165, 1.54) is 70.6 Å². The second kappa shape index (κ2) is 24.6. The van der Waals surface area contributed by atoms with Crippen LogP contribution in [0.25, 0.3) is 0 Å². The summed E-state index contributed by atoms with van der Waals surface area (Å²) in [4.78, 5) is 14.2. The molecule has 5 nitrogen and oxygen atoms in total. The molecule has 0 amide bonds. The molecule has 30 heavy (non-hydrogen) atoms. The lowest BCUT2D eigenvalue weighted by atomic mass is 10.1. The van der Waals surface area contributed by atoms with Crippen molar-refractivity contribution in [2.45, 2.75) is 116 Å². The normalized spacial score (nSPS) is 11.3. The molecule has 0 aliphatic carbocycles. The number of carbonyl (C=O) groups excluding carboxylic acids is 1. The number of rotatable bonds is 24. The second-order valence-corrected chi connectivity index (χ2v) is 8.63. The summed E-state index contributed by atoms with van der Waals surface area (Å²) in [7, 11) is 0. The molecule has 0 radical (unpaired) electrons. The van der Waals surface area contributed by atoms with Crippen LogP contribution in [-0.4, -0.2) is 55.4 Å². The van der Waals surface area contributed by atoms with E-state index in [0.717, 1.165) is 58.3 Å². The average molecular weight is 429 g/mol. The summed E-state index contributed by atoms with van der Waals surface area (Å²) >= 11 is 0. The average Bonchev–Trinajstić information content (AvgIpc) is 2.74. The summed E-state index contributed by atoms with van der Waals surface area (Å²) in [6, 6.07) is 0. The smallest absolute Gasteiger partial charge is 0.305 e. The standard InChI is InChI=1S/C25H52N2O3/c1-2-3-4-5-6-7-11-17-24-30-25(29)18-13-12-16-21-27(22-23-28)20-15-10-8-9-14-19-26/h28H,2-24,26H2,1H3. The third kappa shape index (κ3) is 22.0. The summed E-state index contributed by atoms with van der Waals surface area (Å²) in [5, 5.41) is 9.25. The molecule has 0 atom stereocenters. The number of esters is 1. The second-order valence-electron chi connectivity index (χ2n) is 8.63. The maximum atomic E-state index is 11.8. The summed E-state index contributed by atoms with van der Waals surface area (Å²) in [6.45, 7) is 6.67. The lowest BCUT2D eigenvalue weighted by Crippen LogP contribution is -2.29. The Hall–Kier alpha value is -0.650. The Labute approximate surface area is 187 Å². The lowest BCUT2D eigenvalue weighted by molar-refractivity contribution is -0.143. The Morgan fingerprint density at radius 1 is 0.733 bits per heavy atom. The van der Waals surface area contributed by atoms with Gasteiger partial charge in [0.2, 0.25) is 0 Å². The molecular weight excluding hydrogens is 376 g/mol. The molecule has 0 spiro atoms. The molecule has 0 aromatic heterocycles. The first-order chi connectivity index (χ1) is 14.7. The van der Waals surface area contributed by atoms with Gasteiger partial charge in [-0.25, -0.2) is 0 Å². The Balaban J connectivity index is 3.50. The predicted octanol–water partition coefficient (Wildman–Crippen LogP) is 5.43. The molecule has 0 saturated carbocycles. The maximum Gasteiger partial charge on any atom is 0.305 e. The highest BCUT2D eigenvalue weighted by atomic mass is 16.5. The summed E-state index contributed by atoms with van der Waals surface area (Å²) in [5.41, 5.74) is 5.52. The largest absolute Gasteiger partial charge is 0.466 e. The van der Waals surface area contributed by atoms with E-state index >= 15 is 0 Å². The third-order valence-electron chi connectivity index (χ3n) is 5.71. The van der Waals surface area contributed by atoms with Gasteiger partial charge < -0.3 is 20.5 Å². The highest BCUT2D eigenvalue weighted by Gasteiger charge is 2.06. The number of carbonyl (C=O) groups is 1. The van der Waals surface area contributed by atoms with E-state index in [-0.39, 0.29) is 12.6 Å². The van der Waals surface area contributed by atoms with Gasteiger partial charge in [0.25, 0.3) is 0 Å². The van der Waals surface area contributed by atoms with Crippen LogP contribution in [0.5, 0.6) is 0 Å². The molecule has 0 aliphatic rings. The zero-order chi connectivity index (χ0) is 22.1. The van der Waals surface area contributed by atoms with Crippen molar-refractivity contribution < 1.29 is 14.6 Å². The van der Waals surface area contributed by atoms with Crippen molar-refractivity contribution >= 4 is 5.97 Å². The van der Waals surface area contributed by atoms with Crippen molar-refractivity contribution in [3.8, 4) is 0 Å². The Kier molecular flexibility index (Phi) is 24.1. The summed E-state index contributed by atoms with van der Waals surface area (Å²) in [5.74, 6) is -0.0392. The number of hydrogen-bond acceptors (Lipinski definition) is 5. The lowest BCUT2D eigenvalue weighted by Gasteiger charge is -2.21. The maximum absolute atomic E-state index is 11.8. The van der Waals surface area contributed by atoms with Crippen molar-refractivity contribution in [3.63, 3.8) is 0 Å². The molecular formula is C25H52N2O3. The monoisotopic (exact) mass is 428 g/mol. The molecule has 0 aromatic carbocycles. The van der Waals surface area contributed by atoms with E-state index in [4.69, 9.17) is 10.5 Å². The van der Waals surface area contributed by atoms with Crippen molar-refractivity contribution in [1.29, 1.82) is 0 Å². The van der Waals surface area contributed by atoms with Gasteiger partial charge in [-0.15, -0.1) is 0 Å². The van der Waals surface area contributed by atoms with Crippen LogP contribution >= 0.6 is 0 Å². The molecule has 0 aliphatic heterocycles. The first-order valence-electron chi connectivity index (χ1n) is 12.9. The molecule has 3 N–H and O–H groups in total. The fourth-order valence-electron chi connectivity index (χ4n) is 3.76. The van der Waals surface area contributed by atoms with Crippen LogP contribution < -0.4 is 5.73 Å². The number of unbranched alkanes of at least 4 members (excludes halogenated alkanes) is 13. The fourth-order valence-corrected chi connectivity index (χ4v) is 3.76. The number of hydrogen-bond donors (Lipinski definition) is 2. The van der Waals surface area contributed by atoms with Crippen LogP contribution in [-0.2, 0) is 9.53 Å². The predicted molar refractivity (Wildman–Crippen MR) is 128 cm³/mol. The molecule has 0 fully saturated rings. The van der Waals surface area contributed by atoms with Gasteiger partial charge in [0.05, 0.1) is 13.2 Å². The van der Waals surface area contributed by atoms with Crippen LogP contribution in [0.2, 0.25) is 0 Å². The topological polar surface area (TPSA) is 75.8 Å². The van der Waals surface area contributed by atoms with Crippen LogP contribution in [0.15, 0.2) is 0 Å². The molecule has 5 heteroatoms. The van der Waals surface area contributed by atoms with E-state index in [2.05, 4.69) is 11.8 Å². The van der Waals surface area contributed by atoms with E-state index in [1.807, 2.05) is 0 Å². The molecule has 180 valence electrons. The van der Waals surface area contributed by atoms with Crippen molar-refractivity contribution in [3.05, 3.63) is 0 Å². The molecule has 0 rings (SSSR count). The number of ether oxygens (including phenoxy) is 1. The molecule has 0 heterocycles. The minimum atomic E-state index is -0.0392. The third-order valence-corrected chi connectivity index (χ3v) is 5.71. The SMILES string of the molecule is CCCCCCCCCCOC(=O)CCCCCN(CCO)CCCCCCCN. The number of nitrogens with two attached hydrogens (primary N) is 1. The Morgan fingerprint density at radius 2 is 1.27 bits per heavy atom. The highest BCUT2D eigenvalue weighted by molar-refractivity contribution is 5.69. The summed E-state index contributed by atoms with van der Waals surface area (Å²) in [6.07, 6.45) is 19.7. The molecule has 0 unspecified atom stereocenters. The molecule has 0 aromatic rings. The van der Waals surface area contributed by atoms with Gasteiger partial charge >= 0.3 is 5.97 Å². The van der Waals surface area contributed by atoms with Crippen LogP contribution in [0.4, 0.5) is 0 Å². The molecule has 0 saturated heterocycles. The van der Waals surface area contributed by atoms with Gasteiger partial charge in [0, 0.05) is 13.0 Å². The zero-order valence-electron chi connectivity index (χ0n) is 20.1. The van der Waals surface area contributed by atoms with Gasteiger partial charge in [-0.1, -0.05) is 77.6 Å². The quantitative estimate of drug-likeness (QED) is 0.158. The minimum absolute atomic E-state index is 0.0392. The summed E-state index contributed by atoms with van der Waals surface area (Å²) < 4.78 is 5.36. The minimum Gasteiger partial charge on any atom is -0.466 e. The van der Waals surface area contributed by atoms with E-state index < -0.39 is 0 Å². The van der Waals surface area contributed by atoms with Crippen LogP contribution in [0, 0.1) is 0 Å². The van der Waals surface area contributed by atoms with Gasteiger partial charge in [0.15, 0.2) is 0 Å². The van der Waals surface area contributed by atoms with Crippen molar-refractivity contribution in [2.75, 3.05) is 39.4 Å². The number of aliphatic hydroxyl groups is 1. The van der Waals surface area contributed by atoms with Crippen LogP contribution in [0.1, 0.15) is 116 Å². The van der Waals surface area contributed by atoms with Gasteiger partial charge in [0.1, 0.15) is 0 Å². The van der Waals surface area contributed by atoms with Gasteiger partial charge in [-0.05, 0) is 51.7 Å². The Morgan fingerprint density at radius 3 is 1.87 bits per heavy atom. The van der Waals surface area contributed by atoms with Gasteiger partial charge in [-0.3, -0.25) is 4.79 Å². The van der Waals surface area contributed by atoms with Crippen molar-refractivity contribution in [1.82, 2.24) is 4.90 Å². The Bertz CT molecular complexity index is 353. The first-order valence-corrected chi connectivity index (χ1v) is 12.9. The van der Waals surface area contributed by atoms with Crippen LogP contribution in [0.3, 0.4) is 0 Å². The van der Waals surface area contributed by atoms with E-state index in [9.17, 15) is 9.90 Å². The van der Waals surface area contributed by atoms with E-state index in [0.29, 0.717) is 13.0 Å². The van der Waals surface area contributed by atoms with Gasteiger partial charge in [-0.2, -0.15) is 0 Å². The highest BCUT2D eigenvalue weighted by Crippen LogP contribution is 2.09.